The van der Waals surface area contributed by atoms with Crippen LogP contribution in [-0.2, 0) is 40.7 Å². The fourth-order valence-corrected chi connectivity index (χ4v) is 6.70. The molecule has 3 aliphatic heterocycles. The van der Waals surface area contributed by atoms with E-state index in [2.05, 4.69) is 21.6 Å². The molecule has 2 aromatic heterocycles. The molecule has 3 aromatic rings. The van der Waals surface area contributed by atoms with Crippen molar-refractivity contribution in [2.45, 2.75) is 75.8 Å². The van der Waals surface area contributed by atoms with E-state index in [4.69, 9.17) is 0 Å². The molecule has 1 N–H and O–H groups in total. The summed E-state index contributed by atoms with van der Waals surface area (Å²) in [7, 11) is 1.91. The number of aryl methyl sites for hydroxylation is 3. The SMILES string of the molecule is Cn1nc(C2CC2)cc1CC(=O)N1CCC(n2cc(CCc3cccc4c3C(=O)N(C3CCC(=O)NC3=O)C4=O)cn2)CC1. The molecule has 0 bridgehead atoms. The van der Waals surface area contributed by atoms with Gasteiger partial charge in [-0.25, -0.2) is 0 Å². The van der Waals surface area contributed by atoms with Crippen LogP contribution in [0.25, 0.3) is 0 Å². The normalized spacial score (nSPS) is 20.8. The molecule has 228 valence electrons. The van der Waals surface area contributed by atoms with Crippen LogP contribution < -0.4 is 5.32 Å². The fraction of sp³-hybridized carbons (Fsp3) is 0.469. The standard InChI is InChI=1S/C32H35N7O5/c1-36-23(15-25(35-36)20-7-8-20)16-28(41)37-13-11-22(12-14-37)38-18-19(17-33-38)5-6-21-3-2-4-24-29(21)32(44)39(31(24)43)26-9-10-27(40)34-30(26)42/h2-4,15,17-18,20,22,26H,5-14,16H2,1H3,(H,34,40,42). The van der Waals surface area contributed by atoms with E-state index in [1.807, 2.05) is 39.8 Å². The van der Waals surface area contributed by atoms with Gasteiger partial charge in [0.25, 0.3) is 11.8 Å². The molecule has 7 rings (SSSR count). The number of benzene rings is 1. The predicted octanol–water partition coefficient (Wildman–Crippen LogP) is 2.09. The summed E-state index contributed by atoms with van der Waals surface area (Å²) in [6.45, 7) is 1.37. The maximum absolute atomic E-state index is 13.4. The lowest BCUT2D eigenvalue weighted by Gasteiger charge is -2.32. The summed E-state index contributed by atoms with van der Waals surface area (Å²) >= 11 is 0. The van der Waals surface area contributed by atoms with Gasteiger partial charge < -0.3 is 4.90 Å². The third-order valence-electron chi connectivity index (χ3n) is 9.41. The molecular formula is C32H35N7O5. The number of imide groups is 2. The molecular weight excluding hydrogens is 562 g/mol. The van der Waals surface area contributed by atoms with Gasteiger partial charge in [0.05, 0.1) is 35.5 Å². The first-order valence-electron chi connectivity index (χ1n) is 15.4. The number of piperidine rings is 2. The van der Waals surface area contributed by atoms with Crippen molar-refractivity contribution in [1.29, 1.82) is 0 Å². The average molecular weight is 598 g/mol. The second kappa shape index (κ2) is 11.1. The van der Waals surface area contributed by atoms with Crippen molar-refractivity contribution in [3.63, 3.8) is 0 Å². The number of nitrogens with zero attached hydrogens (tertiary/aromatic N) is 6. The molecule has 2 saturated heterocycles. The maximum atomic E-state index is 13.4. The highest BCUT2D eigenvalue weighted by atomic mass is 16.2. The molecule has 1 aromatic carbocycles. The summed E-state index contributed by atoms with van der Waals surface area (Å²) in [5.41, 5.74) is 4.46. The topological polar surface area (TPSA) is 140 Å². The van der Waals surface area contributed by atoms with Crippen molar-refractivity contribution < 1.29 is 24.0 Å². The minimum absolute atomic E-state index is 0.0857. The Hall–Kier alpha value is -4.61. The number of carbonyl (C=O) groups excluding carboxylic acids is 5. The van der Waals surface area contributed by atoms with Crippen LogP contribution >= 0.6 is 0 Å². The zero-order chi connectivity index (χ0) is 30.5. The van der Waals surface area contributed by atoms with Crippen LogP contribution in [0.1, 0.15) is 93.7 Å². The maximum Gasteiger partial charge on any atom is 0.262 e. The zero-order valence-electron chi connectivity index (χ0n) is 24.7. The second-order valence-electron chi connectivity index (χ2n) is 12.4. The highest BCUT2D eigenvalue weighted by molar-refractivity contribution is 6.24. The molecule has 1 unspecified atom stereocenters. The average Bonchev–Trinajstić information content (AvgIpc) is 3.57. The number of rotatable bonds is 8. The molecule has 1 atom stereocenters. The number of likely N-dealkylation sites (tertiary alicyclic amines) is 1. The van der Waals surface area contributed by atoms with Crippen molar-refractivity contribution in [2.75, 3.05) is 13.1 Å². The van der Waals surface area contributed by atoms with Crippen LogP contribution in [0, 0.1) is 0 Å². The number of hydrogen-bond acceptors (Lipinski definition) is 7. The number of fused-ring (bicyclic) bond motifs is 1. The first-order valence-corrected chi connectivity index (χ1v) is 15.4. The van der Waals surface area contributed by atoms with Crippen LogP contribution in [0.3, 0.4) is 0 Å². The Kier molecular flexibility index (Phi) is 7.14. The molecule has 1 aliphatic carbocycles. The zero-order valence-corrected chi connectivity index (χ0v) is 24.7. The molecule has 5 amide bonds. The largest absolute Gasteiger partial charge is 0.342 e. The Balaban J connectivity index is 0.950. The Bertz CT molecular complexity index is 1680. The third kappa shape index (κ3) is 5.22. The molecule has 5 heterocycles. The molecule has 4 aliphatic rings. The van der Waals surface area contributed by atoms with Crippen molar-refractivity contribution in [1.82, 2.24) is 34.7 Å². The van der Waals surface area contributed by atoms with Crippen LogP contribution in [0.5, 0.6) is 0 Å². The molecule has 3 fully saturated rings. The summed E-state index contributed by atoms with van der Waals surface area (Å²) < 4.78 is 3.82. The van der Waals surface area contributed by atoms with Crippen molar-refractivity contribution in [2.24, 2.45) is 7.05 Å². The Morgan fingerprint density at radius 3 is 2.55 bits per heavy atom. The highest BCUT2D eigenvalue weighted by Gasteiger charge is 2.45. The molecule has 1 saturated carbocycles. The van der Waals surface area contributed by atoms with E-state index < -0.39 is 29.7 Å². The van der Waals surface area contributed by atoms with E-state index in [9.17, 15) is 24.0 Å². The smallest absolute Gasteiger partial charge is 0.262 e. The van der Waals surface area contributed by atoms with Crippen LogP contribution in [0.4, 0.5) is 0 Å². The van der Waals surface area contributed by atoms with Gasteiger partial charge >= 0.3 is 0 Å². The fourth-order valence-electron chi connectivity index (χ4n) is 6.70. The summed E-state index contributed by atoms with van der Waals surface area (Å²) in [5, 5.41) is 11.4. The predicted molar refractivity (Wildman–Crippen MR) is 156 cm³/mol. The number of aromatic nitrogens is 4. The Morgan fingerprint density at radius 1 is 1.00 bits per heavy atom. The Morgan fingerprint density at radius 2 is 1.80 bits per heavy atom. The summed E-state index contributed by atoms with van der Waals surface area (Å²) in [6, 6.07) is 6.51. The van der Waals surface area contributed by atoms with E-state index in [1.54, 1.807) is 12.1 Å². The van der Waals surface area contributed by atoms with E-state index >= 15 is 0 Å². The molecule has 0 spiro atoms. The van der Waals surface area contributed by atoms with Gasteiger partial charge in [-0.1, -0.05) is 12.1 Å². The number of hydrogen-bond donors (Lipinski definition) is 1. The quantitative estimate of drug-likeness (QED) is 0.392. The van der Waals surface area contributed by atoms with E-state index in [1.165, 1.54) is 12.8 Å². The monoisotopic (exact) mass is 597 g/mol. The lowest BCUT2D eigenvalue weighted by molar-refractivity contribution is -0.136. The minimum Gasteiger partial charge on any atom is -0.342 e. The Labute approximate surface area is 254 Å². The molecule has 0 radical (unpaired) electrons. The van der Waals surface area contributed by atoms with E-state index in [0.29, 0.717) is 49.4 Å². The van der Waals surface area contributed by atoms with Crippen LogP contribution in [0.15, 0.2) is 36.7 Å². The highest BCUT2D eigenvalue weighted by Crippen LogP contribution is 2.39. The van der Waals surface area contributed by atoms with Gasteiger partial charge in [0, 0.05) is 44.4 Å². The van der Waals surface area contributed by atoms with Gasteiger partial charge in [-0.15, -0.1) is 0 Å². The van der Waals surface area contributed by atoms with Crippen molar-refractivity contribution in [3.8, 4) is 0 Å². The lowest BCUT2D eigenvalue weighted by atomic mass is 9.98. The van der Waals surface area contributed by atoms with E-state index in [-0.39, 0.29) is 24.8 Å². The van der Waals surface area contributed by atoms with Crippen LogP contribution in [0.2, 0.25) is 0 Å². The van der Waals surface area contributed by atoms with Gasteiger partial charge in [0.1, 0.15) is 6.04 Å². The van der Waals surface area contributed by atoms with Gasteiger partial charge in [0.2, 0.25) is 17.7 Å². The second-order valence-corrected chi connectivity index (χ2v) is 12.4. The van der Waals surface area contributed by atoms with Crippen LogP contribution in [-0.4, -0.2) is 78.0 Å². The number of nitrogens with one attached hydrogen (secondary N) is 1. The third-order valence-corrected chi connectivity index (χ3v) is 9.41. The number of amides is 5. The van der Waals surface area contributed by atoms with Gasteiger partial charge in [-0.2, -0.15) is 10.2 Å². The first-order chi connectivity index (χ1) is 21.3. The van der Waals surface area contributed by atoms with Crippen molar-refractivity contribution >= 4 is 29.5 Å². The van der Waals surface area contributed by atoms with Gasteiger partial charge in [-0.05, 0) is 68.2 Å². The molecule has 44 heavy (non-hydrogen) atoms. The van der Waals surface area contributed by atoms with E-state index in [0.717, 1.165) is 40.3 Å². The first kappa shape index (κ1) is 28.2. The minimum atomic E-state index is -0.983. The molecule has 12 heteroatoms. The molecule has 12 nitrogen and oxygen atoms in total. The number of carbonyl (C=O) groups is 5. The van der Waals surface area contributed by atoms with Gasteiger partial charge in [-0.3, -0.25) is 43.6 Å². The summed E-state index contributed by atoms with van der Waals surface area (Å²) in [5.74, 6) is -1.30. The van der Waals surface area contributed by atoms with Gasteiger partial charge in [0.15, 0.2) is 0 Å². The summed E-state index contributed by atoms with van der Waals surface area (Å²) in [6.07, 6.45) is 9.63. The summed E-state index contributed by atoms with van der Waals surface area (Å²) in [4.78, 5) is 66.5. The lowest BCUT2D eigenvalue weighted by Crippen LogP contribution is -2.54. The van der Waals surface area contributed by atoms with Crippen molar-refractivity contribution in [3.05, 3.63) is 70.3 Å².